The fourth-order valence-electron chi connectivity index (χ4n) is 5.06. The van der Waals surface area contributed by atoms with Crippen molar-refractivity contribution >= 4 is 5.91 Å². The van der Waals surface area contributed by atoms with Gasteiger partial charge in [0.25, 0.3) is 5.91 Å². The Bertz CT molecular complexity index is 1260. The van der Waals surface area contributed by atoms with Gasteiger partial charge in [0.15, 0.2) is 11.5 Å². The molecule has 1 spiro atoms. The number of amides is 1. The lowest BCUT2D eigenvalue weighted by atomic mass is 9.81. The number of benzene rings is 2. The third kappa shape index (κ3) is 4.00. The Morgan fingerprint density at radius 1 is 1.17 bits per heavy atom. The van der Waals surface area contributed by atoms with E-state index < -0.39 is 5.60 Å². The standard InChI is InChI=1S/C27H30FN3O4/c1-5-31-25-20-15-19(28)7-9-22(20)35-27(21(25)16-29-31)10-12-30(13-11-27)26(32)18-6-8-23(34-17(2)3)24(14-18)33-4/h6-9,14-17H,5,10-13H2,1-4H3. The summed E-state index contributed by atoms with van der Waals surface area (Å²) in [6.07, 6.45) is 3.07. The van der Waals surface area contributed by atoms with Gasteiger partial charge in [-0.3, -0.25) is 9.48 Å². The van der Waals surface area contributed by atoms with Crippen LogP contribution in [-0.2, 0) is 12.1 Å². The van der Waals surface area contributed by atoms with Crippen molar-refractivity contribution in [2.45, 2.75) is 51.9 Å². The Balaban J connectivity index is 1.39. The number of piperidine rings is 1. The lowest BCUT2D eigenvalue weighted by Crippen LogP contribution is -2.49. The molecule has 3 heterocycles. The average molecular weight is 480 g/mol. The van der Waals surface area contributed by atoms with E-state index in [2.05, 4.69) is 5.10 Å². The number of aromatic nitrogens is 2. The second-order valence-electron chi connectivity index (χ2n) is 9.28. The van der Waals surface area contributed by atoms with Crippen molar-refractivity contribution in [3.63, 3.8) is 0 Å². The van der Waals surface area contributed by atoms with E-state index in [4.69, 9.17) is 14.2 Å². The van der Waals surface area contributed by atoms with Gasteiger partial charge in [-0.2, -0.15) is 5.10 Å². The second kappa shape index (κ2) is 8.91. The molecule has 1 amide bonds. The van der Waals surface area contributed by atoms with E-state index >= 15 is 0 Å². The molecule has 1 aromatic heterocycles. The van der Waals surface area contributed by atoms with Gasteiger partial charge in [0.2, 0.25) is 0 Å². The number of likely N-dealkylation sites (tertiary alicyclic amines) is 1. The number of nitrogens with zero attached hydrogens (tertiary/aromatic N) is 3. The predicted octanol–water partition coefficient (Wildman–Crippen LogP) is 5.03. The highest BCUT2D eigenvalue weighted by Crippen LogP contribution is 2.49. The summed E-state index contributed by atoms with van der Waals surface area (Å²) in [6.45, 7) is 7.63. The number of ether oxygens (including phenoxy) is 3. The van der Waals surface area contributed by atoms with E-state index in [0.717, 1.165) is 16.8 Å². The van der Waals surface area contributed by atoms with Crippen LogP contribution < -0.4 is 14.2 Å². The maximum Gasteiger partial charge on any atom is 0.253 e. The number of hydrogen-bond donors (Lipinski definition) is 0. The molecular formula is C27H30FN3O4. The Morgan fingerprint density at radius 2 is 1.94 bits per heavy atom. The highest BCUT2D eigenvalue weighted by Gasteiger charge is 2.46. The summed E-state index contributed by atoms with van der Waals surface area (Å²) < 4.78 is 33.7. The van der Waals surface area contributed by atoms with Crippen molar-refractivity contribution in [1.29, 1.82) is 0 Å². The van der Waals surface area contributed by atoms with Crippen LogP contribution in [0.25, 0.3) is 11.3 Å². The van der Waals surface area contributed by atoms with Crippen LogP contribution in [0.3, 0.4) is 0 Å². The Morgan fingerprint density at radius 3 is 2.63 bits per heavy atom. The van der Waals surface area contributed by atoms with Crippen molar-refractivity contribution < 1.29 is 23.4 Å². The largest absolute Gasteiger partial charge is 0.493 e. The summed E-state index contributed by atoms with van der Waals surface area (Å²) in [5.74, 6) is 1.44. The number of rotatable bonds is 5. The van der Waals surface area contributed by atoms with Gasteiger partial charge < -0.3 is 19.1 Å². The first kappa shape index (κ1) is 23.2. The first-order chi connectivity index (χ1) is 16.8. The number of fused-ring (bicyclic) bond motifs is 4. The highest BCUT2D eigenvalue weighted by atomic mass is 19.1. The minimum atomic E-state index is -0.600. The van der Waals surface area contributed by atoms with E-state index in [0.29, 0.717) is 55.3 Å². The number of carbonyl (C=O) groups is 1. The van der Waals surface area contributed by atoms with Gasteiger partial charge in [-0.15, -0.1) is 0 Å². The van der Waals surface area contributed by atoms with Crippen molar-refractivity contribution in [1.82, 2.24) is 14.7 Å². The average Bonchev–Trinajstić information content (AvgIpc) is 3.30. The Hall–Kier alpha value is -3.55. The van der Waals surface area contributed by atoms with Crippen LogP contribution in [0.15, 0.2) is 42.6 Å². The number of hydrogen-bond acceptors (Lipinski definition) is 5. The Labute approximate surface area is 204 Å². The molecule has 0 bridgehead atoms. The molecule has 0 saturated carbocycles. The van der Waals surface area contributed by atoms with Crippen molar-refractivity contribution in [3.8, 4) is 28.5 Å². The highest BCUT2D eigenvalue weighted by molar-refractivity contribution is 5.95. The minimum absolute atomic E-state index is 0.00260. The van der Waals surface area contributed by atoms with Crippen molar-refractivity contribution in [2.75, 3.05) is 20.2 Å². The van der Waals surface area contributed by atoms with Crippen LogP contribution in [-0.4, -0.2) is 46.9 Å². The van der Waals surface area contributed by atoms with Crippen LogP contribution in [0.1, 0.15) is 49.5 Å². The van der Waals surface area contributed by atoms with Gasteiger partial charge in [0.1, 0.15) is 17.2 Å². The summed E-state index contributed by atoms with van der Waals surface area (Å²) in [4.78, 5) is 15.2. The van der Waals surface area contributed by atoms with E-state index in [1.54, 1.807) is 31.4 Å². The smallest absolute Gasteiger partial charge is 0.253 e. The normalized spacial score (nSPS) is 16.0. The zero-order chi connectivity index (χ0) is 24.7. The van der Waals surface area contributed by atoms with Gasteiger partial charge in [0.05, 0.1) is 25.1 Å². The lowest BCUT2D eigenvalue weighted by molar-refractivity contribution is -0.00181. The number of methoxy groups -OCH3 is 1. The van der Waals surface area contributed by atoms with E-state index in [-0.39, 0.29) is 17.8 Å². The first-order valence-corrected chi connectivity index (χ1v) is 12.0. The Kier molecular flexibility index (Phi) is 5.91. The number of halogens is 1. The van der Waals surface area contributed by atoms with Crippen molar-refractivity contribution in [3.05, 3.63) is 59.5 Å². The van der Waals surface area contributed by atoms with Gasteiger partial charge >= 0.3 is 0 Å². The quantitative estimate of drug-likeness (QED) is 0.514. The first-order valence-electron chi connectivity index (χ1n) is 12.0. The van der Waals surface area contributed by atoms with Crippen LogP contribution in [0.5, 0.6) is 17.2 Å². The number of aryl methyl sites for hydroxylation is 1. The summed E-state index contributed by atoms with van der Waals surface area (Å²) in [6, 6.07) is 9.90. The molecule has 5 rings (SSSR count). The molecule has 0 atom stereocenters. The van der Waals surface area contributed by atoms with Crippen LogP contribution >= 0.6 is 0 Å². The molecule has 2 aromatic carbocycles. The van der Waals surface area contributed by atoms with Gasteiger partial charge in [0, 0.05) is 49.2 Å². The SMILES string of the molecule is CCn1ncc2c1-c1cc(F)ccc1OC21CCN(C(=O)c2ccc(OC(C)C)c(OC)c2)CC1. The molecule has 3 aromatic rings. The van der Waals surface area contributed by atoms with Crippen LogP contribution in [0.4, 0.5) is 4.39 Å². The maximum absolute atomic E-state index is 14.1. The molecule has 0 unspecified atom stereocenters. The summed E-state index contributed by atoms with van der Waals surface area (Å²) >= 11 is 0. The fraction of sp³-hybridized carbons (Fsp3) is 0.407. The van der Waals surface area contributed by atoms with Gasteiger partial charge in [-0.05, 0) is 57.2 Å². The molecule has 0 radical (unpaired) electrons. The monoisotopic (exact) mass is 479 g/mol. The molecule has 8 heteroatoms. The predicted molar refractivity (Wildman–Crippen MR) is 129 cm³/mol. The third-order valence-electron chi connectivity index (χ3n) is 6.76. The minimum Gasteiger partial charge on any atom is -0.493 e. The summed E-state index contributed by atoms with van der Waals surface area (Å²) in [5.41, 5.74) is 2.54. The molecule has 2 aliphatic rings. The molecule has 1 fully saturated rings. The summed E-state index contributed by atoms with van der Waals surface area (Å²) in [5, 5.41) is 4.55. The zero-order valence-corrected chi connectivity index (χ0v) is 20.5. The zero-order valence-electron chi connectivity index (χ0n) is 20.5. The van der Waals surface area contributed by atoms with Gasteiger partial charge in [-0.25, -0.2) is 4.39 Å². The van der Waals surface area contributed by atoms with E-state index in [9.17, 15) is 9.18 Å². The molecular weight excluding hydrogens is 449 g/mol. The molecule has 2 aliphatic heterocycles. The van der Waals surface area contributed by atoms with E-state index in [1.165, 1.54) is 12.1 Å². The molecule has 0 N–H and O–H groups in total. The molecule has 35 heavy (non-hydrogen) atoms. The lowest BCUT2D eigenvalue weighted by Gasteiger charge is -2.44. The number of carbonyl (C=O) groups excluding carboxylic acids is 1. The second-order valence-corrected chi connectivity index (χ2v) is 9.28. The molecule has 7 nitrogen and oxygen atoms in total. The maximum atomic E-state index is 14.1. The summed E-state index contributed by atoms with van der Waals surface area (Å²) in [7, 11) is 1.57. The molecule has 1 saturated heterocycles. The molecule has 184 valence electrons. The van der Waals surface area contributed by atoms with Crippen LogP contribution in [0, 0.1) is 5.82 Å². The van der Waals surface area contributed by atoms with Crippen LogP contribution in [0.2, 0.25) is 0 Å². The molecule has 0 aliphatic carbocycles. The third-order valence-corrected chi connectivity index (χ3v) is 6.76. The van der Waals surface area contributed by atoms with Crippen molar-refractivity contribution in [2.24, 2.45) is 0 Å². The topological polar surface area (TPSA) is 65.8 Å². The van der Waals surface area contributed by atoms with E-state index in [1.807, 2.05) is 36.5 Å². The van der Waals surface area contributed by atoms with Gasteiger partial charge in [-0.1, -0.05) is 0 Å². The fourth-order valence-corrected chi connectivity index (χ4v) is 5.06.